The third-order valence-corrected chi connectivity index (χ3v) is 3.90. The normalized spacial score (nSPS) is 26.1. The van der Waals surface area contributed by atoms with E-state index in [4.69, 9.17) is 9.47 Å². The van der Waals surface area contributed by atoms with Gasteiger partial charge in [0, 0.05) is 0 Å². The first kappa shape index (κ1) is 15.0. The molecule has 2 saturated heterocycles. The lowest BCUT2D eigenvalue weighted by Crippen LogP contribution is -2.49. The van der Waals surface area contributed by atoms with Gasteiger partial charge in [0.25, 0.3) is 0 Å². The number of ether oxygens (including phenoxy) is 2. The van der Waals surface area contributed by atoms with E-state index in [0.717, 1.165) is 5.56 Å². The standard InChI is InChI=1S/C15H17NO6/c17-11-6-12-16(11)7-10(22-12)13(18)14(19)15(20)21-8-9-4-2-1-3-5-9/h1-5,10,12-14,18-19H,6-8H2/t10-,12+,13-,14-/m1/s1. The predicted molar refractivity (Wildman–Crippen MR) is 73.2 cm³/mol. The van der Waals surface area contributed by atoms with Gasteiger partial charge in [-0.3, -0.25) is 4.79 Å². The maximum absolute atomic E-state index is 11.8. The van der Waals surface area contributed by atoms with Crippen molar-refractivity contribution < 1.29 is 29.3 Å². The number of hydrogen-bond donors (Lipinski definition) is 2. The van der Waals surface area contributed by atoms with E-state index >= 15 is 0 Å². The van der Waals surface area contributed by atoms with Gasteiger partial charge in [-0.05, 0) is 5.56 Å². The Morgan fingerprint density at radius 2 is 2.09 bits per heavy atom. The van der Waals surface area contributed by atoms with E-state index in [2.05, 4.69) is 0 Å². The smallest absolute Gasteiger partial charge is 0.338 e. The molecule has 2 aliphatic heterocycles. The Morgan fingerprint density at radius 1 is 1.36 bits per heavy atom. The number of carbonyl (C=O) groups excluding carboxylic acids is 2. The molecular formula is C15H17NO6. The van der Waals surface area contributed by atoms with E-state index in [1.54, 1.807) is 12.1 Å². The predicted octanol–water partition coefficient (Wildman–Crippen LogP) is -0.591. The molecule has 0 unspecified atom stereocenters. The van der Waals surface area contributed by atoms with Gasteiger partial charge in [0.1, 0.15) is 25.0 Å². The van der Waals surface area contributed by atoms with E-state index < -0.39 is 24.3 Å². The fourth-order valence-corrected chi connectivity index (χ4v) is 2.55. The second kappa shape index (κ2) is 6.04. The van der Waals surface area contributed by atoms with E-state index in [1.807, 2.05) is 18.2 Å². The zero-order valence-corrected chi connectivity index (χ0v) is 11.8. The van der Waals surface area contributed by atoms with Gasteiger partial charge in [-0.2, -0.15) is 0 Å². The lowest BCUT2D eigenvalue weighted by Gasteiger charge is -2.31. The van der Waals surface area contributed by atoms with Crippen molar-refractivity contribution in [3.05, 3.63) is 35.9 Å². The molecule has 2 heterocycles. The number of rotatable bonds is 5. The Kier molecular flexibility index (Phi) is 4.10. The Labute approximate surface area is 127 Å². The molecule has 1 aromatic carbocycles. The van der Waals surface area contributed by atoms with E-state index in [-0.39, 0.29) is 31.7 Å². The third kappa shape index (κ3) is 2.83. The molecule has 3 rings (SSSR count). The van der Waals surface area contributed by atoms with Crippen LogP contribution in [0.2, 0.25) is 0 Å². The second-order valence-electron chi connectivity index (χ2n) is 5.41. The molecule has 0 bridgehead atoms. The van der Waals surface area contributed by atoms with Crippen molar-refractivity contribution in [3.8, 4) is 0 Å². The summed E-state index contributed by atoms with van der Waals surface area (Å²) in [6, 6.07) is 9.02. The molecule has 1 aromatic rings. The number of carbonyl (C=O) groups is 2. The van der Waals surface area contributed by atoms with Crippen molar-refractivity contribution in [1.82, 2.24) is 4.90 Å². The summed E-state index contributed by atoms with van der Waals surface area (Å²) in [4.78, 5) is 24.5. The molecule has 2 aliphatic rings. The molecule has 0 saturated carbocycles. The number of amides is 1. The van der Waals surface area contributed by atoms with Crippen molar-refractivity contribution in [3.63, 3.8) is 0 Å². The monoisotopic (exact) mass is 307 g/mol. The molecule has 0 spiro atoms. The Balaban J connectivity index is 1.51. The number of benzene rings is 1. The fraction of sp³-hybridized carbons (Fsp3) is 0.467. The van der Waals surface area contributed by atoms with Gasteiger partial charge in [-0.1, -0.05) is 30.3 Å². The summed E-state index contributed by atoms with van der Waals surface area (Å²) in [6.07, 6.45) is -3.99. The quantitative estimate of drug-likeness (QED) is 0.557. The van der Waals surface area contributed by atoms with Crippen LogP contribution in [0.15, 0.2) is 30.3 Å². The first-order valence-electron chi connectivity index (χ1n) is 7.08. The van der Waals surface area contributed by atoms with Crippen molar-refractivity contribution in [1.29, 1.82) is 0 Å². The topological polar surface area (TPSA) is 96.3 Å². The van der Waals surface area contributed by atoms with Gasteiger partial charge in [-0.25, -0.2) is 4.79 Å². The maximum atomic E-state index is 11.8. The van der Waals surface area contributed by atoms with Crippen LogP contribution < -0.4 is 0 Å². The van der Waals surface area contributed by atoms with Crippen LogP contribution in [0.1, 0.15) is 12.0 Å². The number of β-lactam (4-membered cyclic amide) rings is 1. The first-order valence-corrected chi connectivity index (χ1v) is 7.08. The van der Waals surface area contributed by atoms with Gasteiger partial charge in [0.05, 0.1) is 13.0 Å². The number of hydrogen-bond acceptors (Lipinski definition) is 6. The van der Waals surface area contributed by atoms with Crippen LogP contribution in [0.25, 0.3) is 0 Å². The molecule has 7 heteroatoms. The highest BCUT2D eigenvalue weighted by atomic mass is 16.6. The van der Waals surface area contributed by atoms with Crippen molar-refractivity contribution in [2.45, 2.75) is 37.6 Å². The van der Waals surface area contributed by atoms with Crippen LogP contribution in [-0.4, -0.2) is 58.1 Å². The summed E-state index contributed by atoms with van der Waals surface area (Å²) >= 11 is 0. The molecule has 0 aliphatic carbocycles. The van der Waals surface area contributed by atoms with Crippen LogP contribution in [0, 0.1) is 0 Å². The van der Waals surface area contributed by atoms with E-state index in [1.165, 1.54) is 4.90 Å². The van der Waals surface area contributed by atoms with Gasteiger partial charge in [0.2, 0.25) is 5.91 Å². The highest BCUT2D eigenvalue weighted by Crippen LogP contribution is 2.30. The molecule has 2 N–H and O–H groups in total. The second-order valence-corrected chi connectivity index (χ2v) is 5.41. The van der Waals surface area contributed by atoms with Crippen LogP contribution in [0.5, 0.6) is 0 Å². The molecule has 4 atom stereocenters. The van der Waals surface area contributed by atoms with E-state index in [0.29, 0.717) is 0 Å². The summed E-state index contributed by atoms with van der Waals surface area (Å²) in [5.74, 6) is -0.971. The van der Waals surface area contributed by atoms with Crippen LogP contribution >= 0.6 is 0 Å². The Bertz CT molecular complexity index is 562. The summed E-state index contributed by atoms with van der Waals surface area (Å²) < 4.78 is 10.4. The first-order chi connectivity index (χ1) is 10.6. The van der Waals surface area contributed by atoms with Gasteiger partial charge in [0.15, 0.2) is 6.10 Å². The van der Waals surface area contributed by atoms with Crippen LogP contribution in [0.4, 0.5) is 0 Å². The van der Waals surface area contributed by atoms with Crippen molar-refractivity contribution in [2.24, 2.45) is 0 Å². The largest absolute Gasteiger partial charge is 0.459 e. The number of aliphatic hydroxyl groups excluding tert-OH is 2. The number of aliphatic hydroxyl groups is 2. The van der Waals surface area contributed by atoms with Gasteiger partial charge >= 0.3 is 5.97 Å². The molecule has 1 amide bonds. The third-order valence-electron chi connectivity index (χ3n) is 3.90. The lowest BCUT2D eigenvalue weighted by atomic mass is 10.1. The molecule has 0 radical (unpaired) electrons. The lowest BCUT2D eigenvalue weighted by molar-refractivity contribution is -0.171. The minimum absolute atomic E-state index is 0.0161. The average molecular weight is 307 g/mol. The highest BCUT2D eigenvalue weighted by Gasteiger charge is 2.49. The number of esters is 1. The molecule has 22 heavy (non-hydrogen) atoms. The minimum atomic E-state index is -1.71. The van der Waals surface area contributed by atoms with Crippen LogP contribution in [0.3, 0.4) is 0 Å². The highest BCUT2D eigenvalue weighted by molar-refractivity contribution is 5.83. The summed E-state index contributed by atoms with van der Waals surface area (Å²) in [5.41, 5.74) is 0.782. The van der Waals surface area contributed by atoms with E-state index in [9.17, 15) is 19.8 Å². The Morgan fingerprint density at radius 3 is 2.73 bits per heavy atom. The number of nitrogens with zero attached hydrogens (tertiary/aromatic N) is 1. The zero-order chi connectivity index (χ0) is 15.7. The number of fused-ring (bicyclic) bond motifs is 1. The summed E-state index contributed by atoms with van der Waals surface area (Å²) in [7, 11) is 0. The summed E-state index contributed by atoms with van der Waals surface area (Å²) in [6.45, 7) is 0.190. The van der Waals surface area contributed by atoms with Gasteiger partial charge in [-0.15, -0.1) is 0 Å². The molecule has 118 valence electrons. The fourth-order valence-electron chi connectivity index (χ4n) is 2.55. The Hall–Kier alpha value is -1.96. The molecule has 7 nitrogen and oxygen atoms in total. The molecule has 2 fully saturated rings. The average Bonchev–Trinajstić information content (AvgIpc) is 2.89. The van der Waals surface area contributed by atoms with Crippen LogP contribution in [-0.2, 0) is 25.7 Å². The van der Waals surface area contributed by atoms with Gasteiger partial charge < -0.3 is 24.6 Å². The van der Waals surface area contributed by atoms with Crippen molar-refractivity contribution >= 4 is 11.9 Å². The molecular weight excluding hydrogens is 290 g/mol. The zero-order valence-electron chi connectivity index (χ0n) is 11.8. The SMILES string of the molecule is O=C(OCc1ccccc1)[C@H](O)[C@H](O)[C@H]1CN2C(=O)C[C@@H]2O1. The summed E-state index contributed by atoms with van der Waals surface area (Å²) in [5, 5.41) is 19.9. The minimum Gasteiger partial charge on any atom is -0.459 e. The van der Waals surface area contributed by atoms with Crippen molar-refractivity contribution in [2.75, 3.05) is 6.54 Å². The maximum Gasteiger partial charge on any atom is 0.338 e. The molecule has 0 aromatic heterocycles.